The number of carbonyl (C=O) groups is 1. The summed E-state index contributed by atoms with van der Waals surface area (Å²) in [5, 5.41) is 0. The Hall–Kier alpha value is -1.45. The van der Waals surface area contributed by atoms with Crippen LogP contribution in [0.25, 0.3) is 0 Å². The molecule has 0 radical (unpaired) electrons. The van der Waals surface area contributed by atoms with Gasteiger partial charge in [-0.25, -0.2) is 9.18 Å². The highest BCUT2D eigenvalue weighted by molar-refractivity contribution is 5.88. The maximum Gasteiger partial charge on any atom is 0.339 e. The van der Waals surface area contributed by atoms with Gasteiger partial charge in [-0.2, -0.15) is 0 Å². The number of rotatable bonds is 4. The molecule has 0 saturated heterocycles. The van der Waals surface area contributed by atoms with Crippen molar-refractivity contribution in [2.24, 2.45) is 0 Å². The number of hydrogen-bond acceptors (Lipinski definition) is 3. The molecule has 1 heterocycles. The lowest BCUT2D eigenvalue weighted by Crippen LogP contribution is -2.17. The van der Waals surface area contributed by atoms with Gasteiger partial charge in [-0.1, -0.05) is 0 Å². The van der Waals surface area contributed by atoms with Gasteiger partial charge in [-0.3, -0.25) is 4.98 Å². The zero-order valence-electron chi connectivity index (χ0n) is 8.87. The zero-order chi connectivity index (χ0) is 11.3. The first-order chi connectivity index (χ1) is 6.99. The summed E-state index contributed by atoms with van der Waals surface area (Å²) in [5.41, 5.74) is -0.927. The van der Waals surface area contributed by atoms with E-state index in [4.69, 9.17) is 4.74 Å². The fourth-order valence-electron chi connectivity index (χ4n) is 0.953. The molecule has 0 saturated carbocycles. The molecule has 0 spiro atoms. The number of halogens is 1. The van der Waals surface area contributed by atoms with Crippen molar-refractivity contribution in [3.63, 3.8) is 0 Å². The average Bonchev–Trinajstić information content (AvgIpc) is 2.17. The third kappa shape index (κ3) is 4.54. The summed E-state index contributed by atoms with van der Waals surface area (Å²) >= 11 is 0. The van der Waals surface area contributed by atoms with Crippen LogP contribution >= 0.6 is 0 Å². The minimum atomic E-state index is -1.31. The standard InChI is InChI=1S/C11H14FNO2/c1-11(2,12)5-7-15-10(14)9-4-3-6-13-8-9/h3-4,6,8H,5,7H2,1-2H3. The molecule has 0 aliphatic rings. The number of ether oxygens (including phenoxy) is 1. The normalized spacial score (nSPS) is 11.1. The fourth-order valence-corrected chi connectivity index (χ4v) is 0.953. The highest BCUT2D eigenvalue weighted by atomic mass is 19.1. The van der Waals surface area contributed by atoms with Gasteiger partial charge >= 0.3 is 5.97 Å². The molecule has 0 atom stereocenters. The van der Waals surface area contributed by atoms with Crippen molar-refractivity contribution in [1.29, 1.82) is 0 Å². The van der Waals surface area contributed by atoms with Crippen LogP contribution in [0.1, 0.15) is 30.6 Å². The predicted octanol–water partition coefficient (Wildman–Crippen LogP) is 2.38. The predicted molar refractivity (Wildman–Crippen MR) is 54.3 cm³/mol. The second kappa shape index (κ2) is 4.87. The molecule has 15 heavy (non-hydrogen) atoms. The van der Waals surface area contributed by atoms with Crippen molar-refractivity contribution in [3.05, 3.63) is 30.1 Å². The monoisotopic (exact) mass is 211 g/mol. The maximum atomic E-state index is 13.0. The highest BCUT2D eigenvalue weighted by Gasteiger charge is 2.16. The van der Waals surface area contributed by atoms with Crippen LogP contribution in [-0.2, 0) is 4.74 Å². The molecule has 0 aromatic carbocycles. The van der Waals surface area contributed by atoms with Gasteiger partial charge in [0.1, 0.15) is 5.67 Å². The van der Waals surface area contributed by atoms with E-state index < -0.39 is 11.6 Å². The Labute approximate surface area is 88.3 Å². The minimum Gasteiger partial charge on any atom is -0.462 e. The molecule has 1 rings (SSSR count). The van der Waals surface area contributed by atoms with Gasteiger partial charge in [0.25, 0.3) is 0 Å². The molecular weight excluding hydrogens is 197 g/mol. The van der Waals surface area contributed by atoms with Crippen molar-refractivity contribution in [1.82, 2.24) is 4.98 Å². The Morgan fingerprint density at radius 3 is 2.87 bits per heavy atom. The number of alkyl halides is 1. The maximum absolute atomic E-state index is 13.0. The number of pyridine rings is 1. The number of nitrogens with zero attached hydrogens (tertiary/aromatic N) is 1. The lowest BCUT2D eigenvalue weighted by molar-refractivity contribution is 0.0432. The van der Waals surface area contributed by atoms with E-state index in [1.165, 1.54) is 20.0 Å². The Bertz CT molecular complexity index is 319. The zero-order valence-corrected chi connectivity index (χ0v) is 8.87. The molecule has 0 fully saturated rings. The van der Waals surface area contributed by atoms with Crippen molar-refractivity contribution in [3.8, 4) is 0 Å². The number of esters is 1. The lowest BCUT2D eigenvalue weighted by atomic mass is 10.1. The van der Waals surface area contributed by atoms with Gasteiger partial charge in [-0.05, 0) is 26.0 Å². The van der Waals surface area contributed by atoms with Crippen LogP contribution in [0.3, 0.4) is 0 Å². The van der Waals surface area contributed by atoms with E-state index in [2.05, 4.69) is 4.98 Å². The molecule has 0 unspecified atom stereocenters. The Morgan fingerprint density at radius 2 is 2.33 bits per heavy atom. The number of carbonyl (C=O) groups excluding carboxylic acids is 1. The van der Waals surface area contributed by atoms with Crippen LogP contribution in [-0.4, -0.2) is 23.2 Å². The van der Waals surface area contributed by atoms with E-state index in [-0.39, 0.29) is 13.0 Å². The molecule has 0 N–H and O–H groups in total. The summed E-state index contributed by atoms with van der Waals surface area (Å²) in [6.07, 6.45) is 3.18. The van der Waals surface area contributed by atoms with Gasteiger partial charge in [0.2, 0.25) is 0 Å². The third-order valence-electron chi connectivity index (χ3n) is 1.83. The van der Waals surface area contributed by atoms with Crippen LogP contribution in [0.15, 0.2) is 24.5 Å². The van der Waals surface area contributed by atoms with Gasteiger partial charge < -0.3 is 4.74 Å². The van der Waals surface area contributed by atoms with Crippen molar-refractivity contribution >= 4 is 5.97 Å². The average molecular weight is 211 g/mol. The second-order valence-corrected chi connectivity index (χ2v) is 3.85. The summed E-state index contributed by atoms with van der Waals surface area (Å²) in [7, 11) is 0. The molecule has 1 aromatic heterocycles. The lowest BCUT2D eigenvalue weighted by Gasteiger charge is -2.13. The van der Waals surface area contributed by atoms with E-state index in [1.54, 1.807) is 18.3 Å². The van der Waals surface area contributed by atoms with Crippen molar-refractivity contribution in [2.45, 2.75) is 25.9 Å². The molecule has 0 aliphatic heterocycles. The molecule has 0 aliphatic carbocycles. The molecule has 4 heteroatoms. The summed E-state index contributed by atoms with van der Waals surface area (Å²) in [6, 6.07) is 3.26. The van der Waals surface area contributed by atoms with E-state index in [1.807, 2.05) is 0 Å². The molecule has 0 amide bonds. The Balaban J connectivity index is 2.38. The molecule has 1 aromatic rings. The van der Waals surface area contributed by atoms with Gasteiger partial charge in [0.05, 0.1) is 12.2 Å². The first-order valence-electron chi connectivity index (χ1n) is 4.75. The van der Waals surface area contributed by atoms with Gasteiger partial charge in [0.15, 0.2) is 0 Å². The first-order valence-corrected chi connectivity index (χ1v) is 4.75. The summed E-state index contributed by atoms with van der Waals surface area (Å²) < 4.78 is 17.9. The van der Waals surface area contributed by atoms with Gasteiger partial charge in [-0.15, -0.1) is 0 Å². The second-order valence-electron chi connectivity index (χ2n) is 3.85. The van der Waals surface area contributed by atoms with Crippen LogP contribution in [0.5, 0.6) is 0 Å². The third-order valence-corrected chi connectivity index (χ3v) is 1.83. The Kier molecular flexibility index (Phi) is 3.77. The van der Waals surface area contributed by atoms with E-state index in [0.29, 0.717) is 5.56 Å². The summed E-state index contributed by atoms with van der Waals surface area (Å²) in [5.74, 6) is -0.465. The molecule has 3 nitrogen and oxygen atoms in total. The van der Waals surface area contributed by atoms with Crippen molar-refractivity contribution in [2.75, 3.05) is 6.61 Å². The first kappa shape index (κ1) is 11.6. The molecular formula is C11H14FNO2. The largest absolute Gasteiger partial charge is 0.462 e. The van der Waals surface area contributed by atoms with Crippen LogP contribution in [0.2, 0.25) is 0 Å². The van der Waals surface area contributed by atoms with Gasteiger partial charge in [0, 0.05) is 18.8 Å². The summed E-state index contributed by atoms with van der Waals surface area (Å²) in [4.78, 5) is 15.1. The highest BCUT2D eigenvalue weighted by Crippen LogP contribution is 2.13. The summed E-state index contributed by atoms with van der Waals surface area (Å²) in [6.45, 7) is 2.98. The minimum absolute atomic E-state index is 0.0806. The fraction of sp³-hybridized carbons (Fsp3) is 0.455. The van der Waals surface area contributed by atoms with Crippen LogP contribution in [0, 0.1) is 0 Å². The quantitative estimate of drug-likeness (QED) is 0.718. The van der Waals surface area contributed by atoms with Crippen LogP contribution in [0.4, 0.5) is 4.39 Å². The van der Waals surface area contributed by atoms with Crippen LogP contribution < -0.4 is 0 Å². The van der Waals surface area contributed by atoms with E-state index in [9.17, 15) is 9.18 Å². The van der Waals surface area contributed by atoms with E-state index in [0.717, 1.165) is 0 Å². The molecule has 82 valence electrons. The number of aromatic nitrogens is 1. The number of hydrogen-bond donors (Lipinski definition) is 0. The topological polar surface area (TPSA) is 39.2 Å². The SMILES string of the molecule is CC(C)(F)CCOC(=O)c1cccnc1. The van der Waals surface area contributed by atoms with E-state index >= 15 is 0 Å². The Morgan fingerprint density at radius 1 is 1.60 bits per heavy atom. The molecule has 0 bridgehead atoms. The smallest absolute Gasteiger partial charge is 0.339 e. The van der Waals surface area contributed by atoms with Crippen molar-refractivity contribution < 1.29 is 13.9 Å².